The van der Waals surface area contributed by atoms with Crippen LogP contribution in [-0.4, -0.2) is 38.2 Å². The van der Waals surface area contributed by atoms with Gasteiger partial charge in [-0.1, -0.05) is 17.7 Å². The Bertz CT molecular complexity index is 543. The fraction of sp³-hybridized carbons (Fsp3) is 0.562. The molecule has 0 spiro atoms. The molecule has 2 unspecified atom stereocenters. The number of hydrogen-bond donors (Lipinski definition) is 2. The number of hydrogen-bond acceptors (Lipinski definition) is 4. The van der Waals surface area contributed by atoms with E-state index in [9.17, 15) is 0 Å². The van der Waals surface area contributed by atoms with Gasteiger partial charge in [0.25, 0.3) is 0 Å². The van der Waals surface area contributed by atoms with Crippen LogP contribution in [0.1, 0.15) is 18.9 Å². The molecule has 2 aliphatic heterocycles. The molecule has 0 aromatic heterocycles. The lowest BCUT2D eigenvalue weighted by Crippen LogP contribution is -2.40. The number of rotatable bonds is 3. The molecule has 0 saturated carbocycles. The largest absolute Gasteiger partial charge is 0.371 e. The monoisotopic (exact) mass is 306 g/mol. The Morgan fingerprint density at radius 3 is 3.10 bits per heavy atom. The van der Waals surface area contributed by atoms with Crippen molar-refractivity contribution in [3.05, 3.63) is 28.8 Å². The van der Waals surface area contributed by atoms with Crippen molar-refractivity contribution >= 4 is 23.2 Å². The summed E-state index contributed by atoms with van der Waals surface area (Å²) in [4.78, 5) is 6.89. The van der Waals surface area contributed by atoms with Gasteiger partial charge in [-0.25, -0.2) is 0 Å². The number of nitrogens with zero attached hydrogens (tertiary/aromatic N) is 2. The van der Waals surface area contributed by atoms with Crippen LogP contribution in [0.15, 0.2) is 23.2 Å². The van der Waals surface area contributed by atoms with E-state index in [0.717, 1.165) is 37.2 Å². The summed E-state index contributed by atoms with van der Waals surface area (Å²) >= 11 is 6.13. The van der Waals surface area contributed by atoms with Crippen molar-refractivity contribution in [2.75, 3.05) is 31.1 Å². The second kappa shape index (κ2) is 6.14. The van der Waals surface area contributed by atoms with E-state index in [4.69, 9.17) is 11.6 Å². The summed E-state index contributed by atoms with van der Waals surface area (Å²) in [6, 6.07) is 6.60. The van der Waals surface area contributed by atoms with E-state index in [1.165, 1.54) is 17.7 Å². The fourth-order valence-corrected chi connectivity index (χ4v) is 3.21. The first-order valence-electron chi connectivity index (χ1n) is 7.68. The maximum absolute atomic E-state index is 6.13. The first kappa shape index (κ1) is 14.5. The van der Waals surface area contributed by atoms with E-state index in [0.29, 0.717) is 12.0 Å². The first-order valence-corrected chi connectivity index (χ1v) is 8.05. The first-order chi connectivity index (χ1) is 10.1. The molecule has 0 amide bonds. The van der Waals surface area contributed by atoms with Crippen LogP contribution in [0.5, 0.6) is 0 Å². The third-order valence-corrected chi connectivity index (χ3v) is 4.50. The zero-order chi connectivity index (χ0) is 14.8. The van der Waals surface area contributed by atoms with Gasteiger partial charge in [0.05, 0.1) is 6.54 Å². The summed E-state index contributed by atoms with van der Waals surface area (Å²) in [5.41, 5.74) is 2.57. The second-order valence-corrected chi connectivity index (χ2v) is 6.58. The Labute approximate surface area is 131 Å². The average Bonchev–Trinajstić information content (AvgIpc) is 3.08. The minimum Gasteiger partial charge on any atom is -0.371 e. The van der Waals surface area contributed by atoms with Crippen LogP contribution in [-0.2, 0) is 0 Å². The van der Waals surface area contributed by atoms with Gasteiger partial charge in [-0.2, -0.15) is 0 Å². The van der Waals surface area contributed by atoms with Crippen molar-refractivity contribution in [1.82, 2.24) is 10.6 Å². The molecule has 1 aromatic rings. The molecule has 21 heavy (non-hydrogen) atoms. The predicted molar refractivity (Wildman–Crippen MR) is 89.4 cm³/mol. The van der Waals surface area contributed by atoms with Crippen molar-refractivity contribution in [2.45, 2.75) is 26.3 Å². The second-order valence-electron chi connectivity index (χ2n) is 6.15. The van der Waals surface area contributed by atoms with Gasteiger partial charge in [-0.15, -0.1) is 0 Å². The van der Waals surface area contributed by atoms with Gasteiger partial charge < -0.3 is 15.5 Å². The maximum atomic E-state index is 6.13. The standard InChI is InChI=1S/C16H23ClN4/c1-11-3-4-14(17)7-15(11)21-6-5-13(10-21)9-19-16-18-8-12(2)20-16/h3-4,7,12-13H,5-6,8-10H2,1-2H3,(H2,18,19,20). The highest BCUT2D eigenvalue weighted by molar-refractivity contribution is 6.30. The number of nitrogens with one attached hydrogen (secondary N) is 2. The van der Waals surface area contributed by atoms with Crippen LogP contribution >= 0.6 is 11.6 Å². The highest BCUT2D eigenvalue weighted by Gasteiger charge is 2.24. The molecular formula is C16H23ClN4. The topological polar surface area (TPSA) is 39.7 Å². The van der Waals surface area contributed by atoms with Crippen molar-refractivity contribution in [1.29, 1.82) is 0 Å². The van der Waals surface area contributed by atoms with Crippen LogP contribution in [0, 0.1) is 12.8 Å². The molecule has 1 saturated heterocycles. The van der Waals surface area contributed by atoms with E-state index < -0.39 is 0 Å². The Morgan fingerprint density at radius 1 is 1.48 bits per heavy atom. The lowest BCUT2D eigenvalue weighted by atomic mass is 10.1. The van der Waals surface area contributed by atoms with Gasteiger partial charge in [-0.3, -0.25) is 4.99 Å². The van der Waals surface area contributed by atoms with Crippen molar-refractivity contribution < 1.29 is 0 Å². The van der Waals surface area contributed by atoms with Crippen LogP contribution in [0.2, 0.25) is 5.02 Å². The van der Waals surface area contributed by atoms with Crippen molar-refractivity contribution in [3.63, 3.8) is 0 Å². The van der Waals surface area contributed by atoms with E-state index in [1.54, 1.807) is 0 Å². The van der Waals surface area contributed by atoms with Crippen molar-refractivity contribution in [3.8, 4) is 0 Å². The van der Waals surface area contributed by atoms with Gasteiger partial charge >= 0.3 is 0 Å². The molecule has 0 radical (unpaired) electrons. The maximum Gasteiger partial charge on any atom is 0.191 e. The van der Waals surface area contributed by atoms with E-state index >= 15 is 0 Å². The van der Waals surface area contributed by atoms with E-state index in [-0.39, 0.29) is 0 Å². The average molecular weight is 307 g/mol. The minimum atomic E-state index is 0.460. The molecule has 2 heterocycles. The number of anilines is 1. The van der Waals surface area contributed by atoms with Gasteiger partial charge in [0.1, 0.15) is 0 Å². The molecule has 0 aliphatic carbocycles. The predicted octanol–water partition coefficient (Wildman–Crippen LogP) is 2.41. The van der Waals surface area contributed by atoms with Gasteiger partial charge in [0.15, 0.2) is 5.96 Å². The molecule has 2 atom stereocenters. The third-order valence-electron chi connectivity index (χ3n) is 4.26. The quantitative estimate of drug-likeness (QED) is 0.901. The van der Waals surface area contributed by atoms with Gasteiger partial charge in [-0.05, 0) is 43.9 Å². The number of halogens is 1. The number of aliphatic imine (C=N–C) groups is 1. The molecule has 1 aromatic carbocycles. The summed E-state index contributed by atoms with van der Waals surface area (Å²) in [5.74, 6) is 1.61. The smallest absolute Gasteiger partial charge is 0.191 e. The Hall–Kier alpha value is -1.42. The molecule has 0 bridgehead atoms. The SMILES string of the molecule is Cc1ccc(Cl)cc1N1CCC(CNC2=NCC(C)N2)C1. The normalized spacial score (nSPS) is 24.9. The molecular weight excluding hydrogens is 284 g/mol. The molecule has 114 valence electrons. The number of aryl methyl sites for hydroxylation is 1. The molecule has 3 rings (SSSR count). The van der Waals surface area contributed by atoms with Crippen molar-refractivity contribution in [2.24, 2.45) is 10.9 Å². The fourth-order valence-electron chi connectivity index (χ4n) is 3.04. The van der Waals surface area contributed by atoms with Crippen LogP contribution in [0.25, 0.3) is 0 Å². The summed E-state index contributed by atoms with van der Waals surface area (Å²) < 4.78 is 0. The number of benzene rings is 1. The molecule has 4 nitrogen and oxygen atoms in total. The summed E-state index contributed by atoms with van der Waals surface area (Å²) in [6.07, 6.45) is 1.21. The van der Waals surface area contributed by atoms with E-state index in [2.05, 4.69) is 46.5 Å². The summed E-state index contributed by atoms with van der Waals surface area (Å²) in [5, 5.41) is 7.60. The summed E-state index contributed by atoms with van der Waals surface area (Å²) in [7, 11) is 0. The minimum absolute atomic E-state index is 0.460. The third kappa shape index (κ3) is 3.43. The lowest BCUT2D eigenvalue weighted by molar-refractivity contribution is 0.566. The van der Waals surface area contributed by atoms with Crippen LogP contribution < -0.4 is 15.5 Å². The molecule has 2 aliphatic rings. The highest BCUT2D eigenvalue weighted by Crippen LogP contribution is 2.29. The lowest BCUT2D eigenvalue weighted by Gasteiger charge is -2.21. The van der Waals surface area contributed by atoms with Crippen LogP contribution in [0.4, 0.5) is 5.69 Å². The molecule has 2 N–H and O–H groups in total. The Balaban J connectivity index is 1.54. The van der Waals surface area contributed by atoms with Gasteiger partial charge in [0, 0.05) is 36.4 Å². The zero-order valence-electron chi connectivity index (χ0n) is 12.7. The van der Waals surface area contributed by atoms with Gasteiger partial charge in [0.2, 0.25) is 0 Å². The number of guanidine groups is 1. The molecule has 5 heteroatoms. The Kier molecular flexibility index (Phi) is 4.24. The highest BCUT2D eigenvalue weighted by atomic mass is 35.5. The van der Waals surface area contributed by atoms with E-state index in [1.807, 2.05) is 6.07 Å². The summed E-state index contributed by atoms with van der Waals surface area (Å²) in [6.45, 7) is 8.34. The Morgan fingerprint density at radius 2 is 2.33 bits per heavy atom. The zero-order valence-corrected chi connectivity index (χ0v) is 13.5. The van der Waals surface area contributed by atoms with Crippen LogP contribution in [0.3, 0.4) is 0 Å². The molecule has 1 fully saturated rings.